The first-order valence-corrected chi connectivity index (χ1v) is 10.3. The zero-order valence-corrected chi connectivity index (χ0v) is 18.4. The number of aryl methyl sites for hydroxylation is 2. The van der Waals surface area contributed by atoms with Gasteiger partial charge in [0.2, 0.25) is 0 Å². The van der Waals surface area contributed by atoms with Gasteiger partial charge in [0.05, 0.1) is 19.3 Å². The quantitative estimate of drug-likeness (QED) is 0.601. The van der Waals surface area contributed by atoms with Crippen molar-refractivity contribution < 1.29 is 19.0 Å². The van der Waals surface area contributed by atoms with E-state index >= 15 is 0 Å². The number of carbonyl (C=O) groups is 1. The summed E-state index contributed by atoms with van der Waals surface area (Å²) in [4.78, 5) is 12.8. The van der Waals surface area contributed by atoms with Crippen LogP contribution in [-0.4, -0.2) is 25.2 Å². The number of rotatable bonds is 10. The smallest absolute Gasteiger partial charge is 0.261 e. The Labute approximate surface area is 174 Å². The minimum Gasteiger partial charge on any atom is -0.490 e. The normalized spacial score (nSPS) is 12.8. The molecule has 0 radical (unpaired) electrons. The lowest BCUT2D eigenvalue weighted by Crippen LogP contribution is -2.39. The molecule has 2 atom stereocenters. The molecule has 29 heavy (non-hydrogen) atoms. The molecule has 0 heterocycles. The van der Waals surface area contributed by atoms with Gasteiger partial charge in [-0.05, 0) is 75.9 Å². The molecule has 0 spiro atoms. The first-order chi connectivity index (χ1) is 13.9. The SMILES string of the molecule is CCOc1ccc([C@H](C)NC(=O)[C@H](CC)Oc2cc(C)ccc2C)cc1OCC. The summed E-state index contributed by atoms with van der Waals surface area (Å²) in [5.41, 5.74) is 3.07. The third kappa shape index (κ3) is 6.14. The summed E-state index contributed by atoms with van der Waals surface area (Å²) in [6, 6.07) is 11.6. The van der Waals surface area contributed by atoms with Gasteiger partial charge in [0.1, 0.15) is 5.75 Å². The Bertz CT molecular complexity index is 819. The molecule has 1 amide bonds. The molecule has 0 aliphatic rings. The second-order valence-corrected chi connectivity index (χ2v) is 7.09. The van der Waals surface area contributed by atoms with Crippen molar-refractivity contribution in [1.29, 1.82) is 0 Å². The van der Waals surface area contributed by atoms with Crippen LogP contribution in [0.15, 0.2) is 36.4 Å². The van der Waals surface area contributed by atoms with Crippen molar-refractivity contribution in [2.45, 2.75) is 60.1 Å². The second kappa shape index (κ2) is 10.7. The topological polar surface area (TPSA) is 56.8 Å². The fraction of sp³-hybridized carbons (Fsp3) is 0.458. The number of benzene rings is 2. The Kier molecular flexibility index (Phi) is 8.37. The molecule has 0 aliphatic carbocycles. The third-order valence-corrected chi connectivity index (χ3v) is 4.70. The van der Waals surface area contributed by atoms with E-state index in [9.17, 15) is 4.79 Å². The lowest BCUT2D eigenvalue weighted by atomic mass is 10.1. The predicted octanol–water partition coefficient (Wildman–Crippen LogP) is 5.14. The Morgan fingerprint density at radius 1 is 0.931 bits per heavy atom. The van der Waals surface area contributed by atoms with Crippen LogP contribution >= 0.6 is 0 Å². The van der Waals surface area contributed by atoms with E-state index in [1.165, 1.54) is 0 Å². The molecule has 0 fully saturated rings. The van der Waals surface area contributed by atoms with E-state index in [0.717, 1.165) is 22.4 Å². The van der Waals surface area contributed by atoms with E-state index < -0.39 is 6.10 Å². The number of hydrogen-bond donors (Lipinski definition) is 1. The number of carbonyl (C=O) groups excluding carboxylic acids is 1. The van der Waals surface area contributed by atoms with E-state index in [1.54, 1.807) is 0 Å². The van der Waals surface area contributed by atoms with Crippen LogP contribution in [0.25, 0.3) is 0 Å². The van der Waals surface area contributed by atoms with Gasteiger partial charge in [-0.15, -0.1) is 0 Å². The molecule has 5 nitrogen and oxygen atoms in total. The van der Waals surface area contributed by atoms with Gasteiger partial charge < -0.3 is 19.5 Å². The van der Waals surface area contributed by atoms with Gasteiger partial charge in [0.25, 0.3) is 5.91 Å². The summed E-state index contributed by atoms with van der Waals surface area (Å²) in [6.07, 6.45) is 0.0337. The predicted molar refractivity (Wildman–Crippen MR) is 116 cm³/mol. The summed E-state index contributed by atoms with van der Waals surface area (Å²) in [6.45, 7) is 12.9. The maximum absolute atomic E-state index is 12.8. The zero-order chi connectivity index (χ0) is 21.4. The third-order valence-electron chi connectivity index (χ3n) is 4.70. The van der Waals surface area contributed by atoms with Gasteiger partial charge in [-0.1, -0.05) is 25.1 Å². The molecule has 0 saturated heterocycles. The first-order valence-electron chi connectivity index (χ1n) is 10.3. The van der Waals surface area contributed by atoms with Crippen LogP contribution in [0.3, 0.4) is 0 Å². The maximum Gasteiger partial charge on any atom is 0.261 e. The van der Waals surface area contributed by atoms with Crippen LogP contribution in [0, 0.1) is 13.8 Å². The molecule has 0 aliphatic heterocycles. The molecular formula is C24H33NO4. The number of nitrogens with one attached hydrogen (secondary N) is 1. The van der Waals surface area contributed by atoms with Crippen molar-refractivity contribution >= 4 is 5.91 Å². The average Bonchev–Trinajstić information content (AvgIpc) is 2.70. The van der Waals surface area contributed by atoms with Crippen LogP contribution in [0.2, 0.25) is 0 Å². The van der Waals surface area contributed by atoms with Crippen LogP contribution < -0.4 is 19.5 Å². The van der Waals surface area contributed by atoms with Crippen molar-refractivity contribution in [2.75, 3.05) is 13.2 Å². The van der Waals surface area contributed by atoms with Crippen LogP contribution in [-0.2, 0) is 4.79 Å². The zero-order valence-electron chi connectivity index (χ0n) is 18.4. The highest BCUT2D eigenvalue weighted by Crippen LogP contribution is 2.31. The summed E-state index contributed by atoms with van der Waals surface area (Å²) < 4.78 is 17.3. The van der Waals surface area contributed by atoms with E-state index in [-0.39, 0.29) is 11.9 Å². The molecule has 158 valence electrons. The van der Waals surface area contributed by atoms with E-state index in [0.29, 0.717) is 31.1 Å². The lowest BCUT2D eigenvalue weighted by Gasteiger charge is -2.22. The summed E-state index contributed by atoms with van der Waals surface area (Å²) in [5, 5.41) is 3.06. The largest absolute Gasteiger partial charge is 0.490 e. The number of ether oxygens (including phenoxy) is 3. The van der Waals surface area contributed by atoms with Gasteiger partial charge in [-0.3, -0.25) is 4.79 Å². The van der Waals surface area contributed by atoms with Crippen LogP contribution in [0.4, 0.5) is 0 Å². The van der Waals surface area contributed by atoms with E-state index in [1.807, 2.05) is 77.9 Å². The minimum atomic E-state index is -0.549. The molecule has 2 aromatic carbocycles. The molecule has 5 heteroatoms. The molecular weight excluding hydrogens is 366 g/mol. The second-order valence-electron chi connectivity index (χ2n) is 7.09. The molecule has 0 saturated carbocycles. The van der Waals surface area contributed by atoms with Gasteiger partial charge in [-0.25, -0.2) is 0 Å². The van der Waals surface area contributed by atoms with Gasteiger partial charge in [0, 0.05) is 0 Å². The Hall–Kier alpha value is -2.69. The Morgan fingerprint density at radius 2 is 1.62 bits per heavy atom. The highest BCUT2D eigenvalue weighted by Gasteiger charge is 2.22. The van der Waals surface area contributed by atoms with E-state index in [4.69, 9.17) is 14.2 Å². The molecule has 1 N–H and O–H groups in total. The molecule has 2 aromatic rings. The molecule has 0 unspecified atom stereocenters. The van der Waals surface area contributed by atoms with Gasteiger partial charge in [0.15, 0.2) is 17.6 Å². The Morgan fingerprint density at radius 3 is 2.28 bits per heavy atom. The molecule has 2 rings (SSSR count). The minimum absolute atomic E-state index is 0.132. The fourth-order valence-electron chi connectivity index (χ4n) is 3.04. The highest BCUT2D eigenvalue weighted by molar-refractivity contribution is 5.81. The maximum atomic E-state index is 12.8. The summed E-state index contributed by atoms with van der Waals surface area (Å²) in [7, 11) is 0. The van der Waals surface area contributed by atoms with Crippen LogP contribution in [0.1, 0.15) is 56.8 Å². The van der Waals surface area contributed by atoms with Gasteiger partial charge in [-0.2, -0.15) is 0 Å². The fourth-order valence-corrected chi connectivity index (χ4v) is 3.04. The number of amides is 1. The summed E-state index contributed by atoms with van der Waals surface area (Å²) in [5.74, 6) is 2.01. The highest BCUT2D eigenvalue weighted by atomic mass is 16.5. The van der Waals surface area contributed by atoms with Crippen molar-refractivity contribution in [3.8, 4) is 17.2 Å². The van der Waals surface area contributed by atoms with Crippen molar-refractivity contribution in [3.63, 3.8) is 0 Å². The summed E-state index contributed by atoms with van der Waals surface area (Å²) >= 11 is 0. The Balaban J connectivity index is 2.11. The number of hydrogen-bond acceptors (Lipinski definition) is 4. The van der Waals surface area contributed by atoms with Gasteiger partial charge >= 0.3 is 0 Å². The first kappa shape index (κ1) is 22.6. The molecule has 0 bridgehead atoms. The lowest BCUT2D eigenvalue weighted by molar-refractivity contribution is -0.128. The van der Waals surface area contributed by atoms with E-state index in [2.05, 4.69) is 5.32 Å². The average molecular weight is 400 g/mol. The van der Waals surface area contributed by atoms with Crippen molar-refractivity contribution in [1.82, 2.24) is 5.32 Å². The molecule has 0 aromatic heterocycles. The van der Waals surface area contributed by atoms with Crippen molar-refractivity contribution in [3.05, 3.63) is 53.1 Å². The van der Waals surface area contributed by atoms with Crippen LogP contribution in [0.5, 0.6) is 17.2 Å². The monoisotopic (exact) mass is 399 g/mol. The van der Waals surface area contributed by atoms with Crippen molar-refractivity contribution in [2.24, 2.45) is 0 Å². The standard InChI is InChI=1S/C24H33NO4/c1-7-20(29-22-14-16(4)10-11-17(22)5)24(26)25-18(6)19-12-13-21(27-8-2)23(15-19)28-9-3/h10-15,18,20H,7-9H2,1-6H3,(H,25,26)/t18-,20-/m0/s1.